The molecule has 1 heterocycles. The monoisotopic (exact) mass is 292 g/mol. The molecule has 22 heavy (non-hydrogen) atoms. The smallest absolute Gasteiger partial charge is 0.363 e. The van der Waals surface area contributed by atoms with Gasteiger partial charge in [-0.15, -0.1) is 0 Å². The number of carbonyl (C=O) groups is 1. The highest BCUT2D eigenvalue weighted by atomic mass is 16.6. The molecule has 0 radical (unpaired) electrons. The van der Waals surface area contributed by atoms with Crippen molar-refractivity contribution in [3.05, 3.63) is 71.4 Å². The SMILES string of the molecule is CN(C)c1ccc(/C=C2/N=C(c3ccccc3)OC2=O)cc1. The molecule has 4 heteroatoms. The summed E-state index contributed by atoms with van der Waals surface area (Å²) in [4.78, 5) is 18.2. The van der Waals surface area contributed by atoms with Gasteiger partial charge in [0.1, 0.15) is 0 Å². The van der Waals surface area contributed by atoms with Gasteiger partial charge in [0.25, 0.3) is 0 Å². The fraction of sp³-hybridized carbons (Fsp3) is 0.111. The number of esters is 1. The van der Waals surface area contributed by atoms with Crippen LogP contribution in [0.25, 0.3) is 6.08 Å². The fourth-order valence-electron chi connectivity index (χ4n) is 2.14. The van der Waals surface area contributed by atoms with E-state index in [-0.39, 0.29) is 0 Å². The topological polar surface area (TPSA) is 41.9 Å². The minimum atomic E-state index is -0.421. The van der Waals surface area contributed by atoms with Crippen molar-refractivity contribution in [1.29, 1.82) is 0 Å². The van der Waals surface area contributed by atoms with E-state index in [2.05, 4.69) is 4.99 Å². The van der Waals surface area contributed by atoms with E-state index in [9.17, 15) is 4.79 Å². The second kappa shape index (κ2) is 5.85. The van der Waals surface area contributed by atoms with Crippen LogP contribution in [0.5, 0.6) is 0 Å². The molecule has 0 atom stereocenters. The van der Waals surface area contributed by atoms with Crippen LogP contribution in [0.1, 0.15) is 11.1 Å². The Bertz CT molecular complexity index is 744. The van der Waals surface area contributed by atoms with Crippen molar-refractivity contribution < 1.29 is 9.53 Å². The van der Waals surface area contributed by atoms with E-state index in [0.29, 0.717) is 11.6 Å². The van der Waals surface area contributed by atoms with Crippen LogP contribution in [0.4, 0.5) is 5.69 Å². The summed E-state index contributed by atoms with van der Waals surface area (Å²) in [6.07, 6.45) is 1.73. The normalized spacial score (nSPS) is 15.6. The number of benzene rings is 2. The molecule has 0 saturated heterocycles. The molecular weight excluding hydrogens is 276 g/mol. The van der Waals surface area contributed by atoms with Gasteiger partial charge < -0.3 is 9.64 Å². The first kappa shape index (κ1) is 14.1. The molecule has 0 unspecified atom stereocenters. The van der Waals surface area contributed by atoms with Gasteiger partial charge >= 0.3 is 5.97 Å². The van der Waals surface area contributed by atoms with E-state index in [0.717, 1.165) is 16.8 Å². The molecule has 0 aliphatic carbocycles. The van der Waals surface area contributed by atoms with Crippen LogP contribution >= 0.6 is 0 Å². The quantitative estimate of drug-likeness (QED) is 0.645. The summed E-state index contributed by atoms with van der Waals surface area (Å²) in [6.45, 7) is 0. The molecule has 2 aromatic carbocycles. The number of ether oxygens (including phenoxy) is 1. The zero-order valence-corrected chi connectivity index (χ0v) is 12.5. The Hall–Kier alpha value is -2.88. The van der Waals surface area contributed by atoms with Crippen molar-refractivity contribution in [2.75, 3.05) is 19.0 Å². The summed E-state index contributed by atoms with van der Waals surface area (Å²) in [7, 11) is 3.97. The molecular formula is C18H16N2O2. The molecule has 0 aromatic heterocycles. The molecule has 0 spiro atoms. The standard InChI is InChI=1S/C18H16N2O2/c1-20(2)15-10-8-13(9-11-15)12-16-18(21)22-17(19-16)14-6-4-3-5-7-14/h3-12H,1-2H3/b16-12+. The van der Waals surface area contributed by atoms with Crippen LogP contribution in [-0.2, 0) is 9.53 Å². The van der Waals surface area contributed by atoms with E-state index in [4.69, 9.17) is 4.74 Å². The summed E-state index contributed by atoms with van der Waals surface area (Å²) in [5, 5.41) is 0. The average Bonchev–Trinajstić information content (AvgIpc) is 2.90. The zero-order chi connectivity index (χ0) is 15.5. The third kappa shape index (κ3) is 2.91. The van der Waals surface area contributed by atoms with Crippen LogP contribution < -0.4 is 4.90 Å². The van der Waals surface area contributed by atoms with Crippen molar-refractivity contribution in [3.8, 4) is 0 Å². The first-order valence-corrected chi connectivity index (χ1v) is 6.99. The van der Waals surface area contributed by atoms with E-state index in [1.165, 1.54) is 0 Å². The Morgan fingerprint density at radius 2 is 1.68 bits per heavy atom. The van der Waals surface area contributed by atoms with Gasteiger partial charge in [-0.3, -0.25) is 0 Å². The largest absolute Gasteiger partial charge is 0.402 e. The molecule has 3 rings (SSSR count). The number of carbonyl (C=O) groups excluding carboxylic acids is 1. The van der Waals surface area contributed by atoms with E-state index in [1.54, 1.807) is 6.08 Å². The molecule has 0 bridgehead atoms. The predicted molar refractivity (Wildman–Crippen MR) is 87.8 cm³/mol. The highest BCUT2D eigenvalue weighted by Gasteiger charge is 2.23. The second-order valence-electron chi connectivity index (χ2n) is 5.19. The zero-order valence-electron chi connectivity index (χ0n) is 12.5. The molecule has 2 aromatic rings. The Morgan fingerprint density at radius 1 is 1.00 bits per heavy atom. The number of hydrogen-bond donors (Lipinski definition) is 0. The van der Waals surface area contributed by atoms with Crippen molar-refractivity contribution >= 4 is 23.6 Å². The van der Waals surface area contributed by atoms with Crippen molar-refractivity contribution in [3.63, 3.8) is 0 Å². The number of nitrogens with zero attached hydrogens (tertiary/aromatic N) is 2. The van der Waals surface area contributed by atoms with Gasteiger partial charge in [-0.25, -0.2) is 9.79 Å². The predicted octanol–water partition coefficient (Wildman–Crippen LogP) is 3.10. The lowest BCUT2D eigenvalue weighted by molar-refractivity contribution is -0.129. The van der Waals surface area contributed by atoms with Crippen LogP contribution in [-0.4, -0.2) is 26.0 Å². The summed E-state index contributed by atoms with van der Waals surface area (Å²) in [5.74, 6) is -0.0719. The van der Waals surface area contributed by atoms with Crippen molar-refractivity contribution in [2.45, 2.75) is 0 Å². The van der Waals surface area contributed by atoms with Gasteiger partial charge in [0, 0.05) is 25.3 Å². The second-order valence-corrected chi connectivity index (χ2v) is 5.19. The molecule has 0 saturated carbocycles. The molecule has 0 fully saturated rings. The first-order chi connectivity index (χ1) is 10.6. The number of aliphatic imine (C=N–C) groups is 1. The van der Waals surface area contributed by atoms with Crippen LogP contribution in [0.15, 0.2) is 65.3 Å². The Kier molecular flexibility index (Phi) is 3.74. The van der Waals surface area contributed by atoms with Crippen molar-refractivity contribution in [2.24, 2.45) is 4.99 Å². The maximum Gasteiger partial charge on any atom is 0.363 e. The van der Waals surface area contributed by atoms with Gasteiger partial charge in [0.15, 0.2) is 5.70 Å². The van der Waals surface area contributed by atoms with Crippen molar-refractivity contribution in [1.82, 2.24) is 0 Å². The minimum absolute atomic E-state index is 0.316. The van der Waals surface area contributed by atoms with Gasteiger partial charge in [-0.2, -0.15) is 0 Å². The third-order valence-electron chi connectivity index (χ3n) is 3.35. The summed E-state index contributed by atoms with van der Waals surface area (Å²) >= 11 is 0. The lowest BCUT2D eigenvalue weighted by Crippen LogP contribution is -2.08. The van der Waals surface area contributed by atoms with Crippen LogP contribution in [0.3, 0.4) is 0 Å². The Morgan fingerprint density at radius 3 is 2.32 bits per heavy atom. The van der Waals surface area contributed by atoms with E-state index >= 15 is 0 Å². The molecule has 0 N–H and O–H groups in total. The van der Waals surface area contributed by atoms with E-state index < -0.39 is 5.97 Å². The van der Waals surface area contributed by atoms with Gasteiger partial charge in [-0.1, -0.05) is 30.3 Å². The number of rotatable bonds is 3. The van der Waals surface area contributed by atoms with Crippen LogP contribution in [0.2, 0.25) is 0 Å². The van der Waals surface area contributed by atoms with E-state index in [1.807, 2.05) is 73.6 Å². The third-order valence-corrected chi connectivity index (χ3v) is 3.35. The number of hydrogen-bond acceptors (Lipinski definition) is 4. The molecule has 0 amide bonds. The Balaban J connectivity index is 1.87. The van der Waals surface area contributed by atoms with Gasteiger partial charge in [0.05, 0.1) is 0 Å². The summed E-state index contributed by atoms with van der Waals surface area (Å²) in [6, 6.07) is 17.3. The van der Waals surface area contributed by atoms with Gasteiger partial charge in [0.2, 0.25) is 5.90 Å². The summed E-state index contributed by atoms with van der Waals surface area (Å²) < 4.78 is 5.23. The molecule has 1 aliphatic rings. The highest BCUT2D eigenvalue weighted by Crippen LogP contribution is 2.20. The average molecular weight is 292 g/mol. The first-order valence-electron chi connectivity index (χ1n) is 6.99. The lowest BCUT2D eigenvalue weighted by Gasteiger charge is -2.11. The number of cyclic esters (lactones) is 1. The molecule has 1 aliphatic heterocycles. The maximum atomic E-state index is 11.9. The van der Waals surface area contributed by atoms with Gasteiger partial charge in [-0.05, 0) is 35.9 Å². The summed E-state index contributed by atoms with van der Waals surface area (Å²) in [5.41, 5.74) is 3.12. The van der Waals surface area contributed by atoms with Crippen LogP contribution in [0, 0.1) is 0 Å². The number of anilines is 1. The molecule has 4 nitrogen and oxygen atoms in total. The fourth-order valence-corrected chi connectivity index (χ4v) is 2.14. The Labute approximate surface area is 129 Å². The minimum Gasteiger partial charge on any atom is -0.402 e. The lowest BCUT2D eigenvalue weighted by atomic mass is 10.1. The maximum absolute atomic E-state index is 11.9. The highest BCUT2D eigenvalue weighted by molar-refractivity contribution is 6.12. The molecule has 110 valence electrons.